The number of nitrogen functional groups attached to an aromatic ring is 1. The molecule has 2 heteroatoms. The Balaban J connectivity index is 2.91. The molecule has 0 atom stereocenters. The van der Waals surface area contributed by atoms with Crippen LogP contribution < -0.4 is 10.5 Å². The highest BCUT2D eigenvalue weighted by atomic mass is 16.5. The SMILES string of the molecule is CCOc1cc(CC)ccc1N. The first-order valence-corrected chi connectivity index (χ1v) is 4.29. The fourth-order valence-corrected chi connectivity index (χ4v) is 1.08. The monoisotopic (exact) mass is 165 g/mol. The molecule has 1 rings (SSSR count). The van der Waals surface area contributed by atoms with Crippen LogP contribution in [-0.4, -0.2) is 6.61 Å². The van der Waals surface area contributed by atoms with Crippen LogP contribution in [0.15, 0.2) is 18.2 Å². The zero-order chi connectivity index (χ0) is 8.97. The second-order valence-electron chi connectivity index (χ2n) is 2.66. The van der Waals surface area contributed by atoms with Crippen molar-refractivity contribution in [2.24, 2.45) is 0 Å². The molecule has 0 spiro atoms. The smallest absolute Gasteiger partial charge is 0.142 e. The fraction of sp³-hybridized carbons (Fsp3) is 0.400. The maximum Gasteiger partial charge on any atom is 0.142 e. The zero-order valence-corrected chi connectivity index (χ0v) is 7.63. The van der Waals surface area contributed by atoms with Crippen LogP contribution in [-0.2, 0) is 6.42 Å². The standard InChI is InChI=1S/C10H15NO/c1-3-8-5-6-9(11)10(7-8)12-4-2/h5-7H,3-4,11H2,1-2H3. The van der Waals surface area contributed by atoms with Crippen molar-refractivity contribution in [2.75, 3.05) is 12.3 Å². The second kappa shape index (κ2) is 4.00. The Morgan fingerprint density at radius 2 is 2.08 bits per heavy atom. The van der Waals surface area contributed by atoms with Crippen LogP contribution in [0.3, 0.4) is 0 Å². The van der Waals surface area contributed by atoms with Crippen LogP contribution in [0.5, 0.6) is 5.75 Å². The molecule has 0 aromatic heterocycles. The van der Waals surface area contributed by atoms with Crippen molar-refractivity contribution in [3.63, 3.8) is 0 Å². The Kier molecular flexibility index (Phi) is 2.97. The molecule has 2 N–H and O–H groups in total. The molecule has 0 fully saturated rings. The zero-order valence-electron chi connectivity index (χ0n) is 7.63. The summed E-state index contributed by atoms with van der Waals surface area (Å²) in [6.45, 7) is 4.73. The molecule has 0 saturated heterocycles. The number of anilines is 1. The Labute approximate surface area is 73.3 Å². The van der Waals surface area contributed by atoms with Crippen LogP contribution in [0.4, 0.5) is 5.69 Å². The van der Waals surface area contributed by atoms with E-state index in [9.17, 15) is 0 Å². The summed E-state index contributed by atoms with van der Waals surface area (Å²) in [6.07, 6.45) is 1.01. The van der Waals surface area contributed by atoms with Crippen molar-refractivity contribution in [3.05, 3.63) is 23.8 Å². The average molecular weight is 165 g/mol. The van der Waals surface area contributed by atoms with Gasteiger partial charge in [-0.2, -0.15) is 0 Å². The van der Waals surface area contributed by atoms with Gasteiger partial charge in [-0.3, -0.25) is 0 Å². The minimum absolute atomic E-state index is 0.664. The summed E-state index contributed by atoms with van der Waals surface area (Å²) in [5.41, 5.74) is 7.68. The molecular weight excluding hydrogens is 150 g/mol. The molecule has 0 aliphatic rings. The maximum absolute atomic E-state index is 5.71. The van der Waals surface area contributed by atoms with Crippen molar-refractivity contribution in [3.8, 4) is 5.75 Å². The van der Waals surface area contributed by atoms with Crippen LogP contribution in [0.25, 0.3) is 0 Å². The molecule has 0 bridgehead atoms. The van der Waals surface area contributed by atoms with Gasteiger partial charge in [0.05, 0.1) is 12.3 Å². The van der Waals surface area contributed by atoms with E-state index in [4.69, 9.17) is 10.5 Å². The molecule has 1 aromatic rings. The summed E-state index contributed by atoms with van der Waals surface area (Å²) in [7, 11) is 0. The largest absolute Gasteiger partial charge is 0.492 e. The third-order valence-electron chi connectivity index (χ3n) is 1.79. The van der Waals surface area contributed by atoms with Crippen LogP contribution in [0, 0.1) is 0 Å². The number of ether oxygens (including phenoxy) is 1. The Bertz CT molecular complexity index is 258. The molecule has 2 nitrogen and oxygen atoms in total. The Morgan fingerprint density at radius 1 is 1.33 bits per heavy atom. The van der Waals surface area contributed by atoms with Crippen molar-refractivity contribution in [1.82, 2.24) is 0 Å². The summed E-state index contributed by atoms with van der Waals surface area (Å²) >= 11 is 0. The van der Waals surface area contributed by atoms with Gasteiger partial charge in [0.2, 0.25) is 0 Å². The van der Waals surface area contributed by atoms with Crippen molar-refractivity contribution >= 4 is 5.69 Å². The van der Waals surface area contributed by atoms with Gasteiger partial charge in [-0.05, 0) is 31.0 Å². The van der Waals surface area contributed by atoms with Crippen LogP contribution in [0.2, 0.25) is 0 Å². The highest BCUT2D eigenvalue weighted by Crippen LogP contribution is 2.22. The van der Waals surface area contributed by atoms with Gasteiger partial charge >= 0.3 is 0 Å². The predicted molar refractivity (Wildman–Crippen MR) is 51.4 cm³/mol. The van der Waals surface area contributed by atoms with E-state index in [2.05, 4.69) is 6.92 Å². The maximum atomic E-state index is 5.71. The Morgan fingerprint density at radius 3 is 2.67 bits per heavy atom. The van der Waals surface area contributed by atoms with Gasteiger partial charge in [0.15, 0.2) is 0 Å². The lowest BCUT2D eigenvalue weighted by atomic mass is 10.1. The van der Waals surface area contributed by atoms with Gasteiger partial charge in [0.25, 0.3) is 0 Å². The molecular formula is C10H15NO. The number of rotatable bonds is 3. The fourth-order valence-electron chi connectivity index (χ4n) is 1.08. The average Bonchev–Trinajstić information content (AvgIpc) is 2.09. The van der Waals surface area contributed by atoms with Gasteiger partial charge in [0, 0.05) is 0 Å². The van der Waals surface area contributed by atoms with Crippen LogP contribution in [0.1, 0.15) is 19.4 Å². The van der Waals surface area contributed by atoms with Crippen molar-refractivity contribution in [1.29, 1.82) is 0 Å². The minimum atomic E-state index is 0.664. The Hall–Kier alpha value is -1.18. The lowest BCUT2D eigenvalue weighted by Crippen LogP contribution is -1.97. The van der Waals surface area contributed by atoms with Gasteiger partial charge in [0.1, 0.15) is 5.75 Å². The summed E-state index contributed by atoms with van der Waals surface area (Å²) in [6, 6.07) is 5.92. The molecule has 0 aliphatic heterocycles. The quantitative estimate of drug-likeness (QED) is 0.697. The number of hydrogen-bond donors (Lipinski definition) is 1. The first kappa shape index (κ1) is 8.91. The molecule has 0 amide bonds. The van der Waals surface area contributed by atoms with E-state index in [-0.39, 0.29) is 0 Å². The van der Waals surface area contributed by atoms with Crippen molar-refractivity contribution in [2.45, 2.75) is 20.3 Å². The predicted octanol–water partition coefficient (Wildman–Crippen LogP) is 2.23. The summed E-state index contributed by atoms with van der Waals surface area (Å²) in [5, 5.41) is 0. The van der Waals surface area contributed by atoms with Gasteiger partial charge in [-0.25, -0.2) is 0 Å². The van der Waals surface area contributed by atoms with Crippen molar-refractivity contribution < 1.29 is 4.74 Å². The molecule has 12 heavy (non-hydrogen) atoms. The lowest BCUT2D eigenvalue weighted by Gasteiger charge is -2.07. The third kappa shape index (κ3) is 1.91. The molecule has 0 saturated carbocycles. The van der Waals surface area contributed by atoms with Gasteiger partial charge in [-0.1, -0.05) is 13.0 Å². The summed E-state index contributed by atoms with van der Waals surface area (Å²) < 4.78 is 5.35. The molecule has 1 aromatic carbocycles. The first-order chi connectivity index (χ1) is 5.77. The van der Waals surface area contributed by atoms with E-state index in [1.807, 2.05) is 25.1 Å². The van der Waals surface area contributed by atoms with Gasteiger partial charge < -0.3 is 10.5 Å². The molecule has 0 unspecified atom stereocenters. The van der Waals surface area contributed by atoms with E-state index in [0.29, 0.717) is 12.3 Å². The van der Waals surface area contributed by atoms with E-state index in [1.54, 1.807) is 0 Å². The van der Waals surface area contributed by atoms with E-state index in [0.717, 1.165) is 12.2 Å². The lowest BCUT2D eigenvalue weighted by molar-refractivity contribution is 0.342. The number of benzene rings is 1. The summed E-state index contributed by atoms with van der Waals surface area (Å²) in [5.74, 6) is 0.803. The van der Waals surface area contributed by atoms with E-state index in [1.165, 1.54) is 5.56 Å². The van der Waals surface area contributed by atoms with Gasteiger partial charge in [-0.15, -0.1) is 0 Å². The first-order valence-electron chi connectivity index (χ1n) is 4.29. The molecule has 0 heterocycles. The number of aryl methyl sites for hydroxylation is 1. The number of hydrogen-bond acceptors (Lipinski definition) is 2. The highest BCUT2D eigenvalue weighted by molar-refractivity contribution is 5.53. The third-order valence-corrected chi connectivity index (χ3v) is 1.79. The summed E-state index contributed by atoms with van der Waals surface area (Å²) in [4.78, 5) is 0. The second-order valence-corrected chi connectivity index (χ2v) is 2.66. The molecule has 0 radical (unpaired) electrons. The minimum Gasteiger partial charge on any atom is -0.492 e. The molecule has 0 aliphatic carbocycles. The number of nitrogens with two attached hydrogens (primary N) is 1. The normalized spacial score (nSPS) is 9.83. The topological polar surface area (TPSA) is 35.2 Å². The molecule has 66 valence electrons. The van der Waals surface area contributed by atoms with Crippen LogP contribution >= 0.6 is 0 Å². The van der Waals surface area contributed by atoms with E-state index >= 15 is 0 Å². The highest BCUT2D eigenvalue weighted by Gasteiger charge is 1.99. The van der Waals surface area contributed by atoms with E-state index < -0.39 is 0 Å².